The minimum Gasteiger partial charge on any atom is -0.384 e. The fraction of sp³-hybridized carbons (Fsp3) is 0.143. The third-order valence-corrected chi connectivity index (χ3v) is 2.46. The van der Waals surface area contributed by atoms with E-state index in [1.807, 2.05) is 11.4 Å². The van der Waals surface area contributed by atoms with Gasteiger partial charge in [-0.2, -0.15) is 0 Å². The van der Waals surface area contributed by atoms with E-state index in [-0.39, 0.29) is 6.61 Å². The normalized spacial score (nSPS) is 8.60. The molecule has 0 aliphatic heterocycles. The molecule has 1 N–H and O–H groups in total. The Bertz CT molecular complexity index is 269. The summed E-state index contributed by atoms with van der Waals surface area (Å²) in [5.74, 6) is 5.38. The van der Waals surface area contributed by atoms with Gasteiger partial charge in [0.2, 0.25) is 0 Å². The van der Waals surface area contributed by atoms with Crippen LogP contribution in [0.1, 0.15) is 4.88 Å². The second-order valence-electron chi connectivity index (χ2n) is 1.59. The molecule has 3 heteroatoms. The van der Waals surface area contributed by atoms with Crippen LogP contribution in [-0.2, 0) is 0 Å². The average Bonchev–Trinajstić information content (AvgIpc) is 2.31. The highest BCUT2D eigenvalue weighted by molar-refractivity contribution is 9.10. The lowest BCUT2D eigenvalue weighted by Gasteiger charge is -1.73. The van der Waals surface area contributed by atoms with Gasteiger partial charge in [-0.25, -0.2) is 0 Å². The van der Waals surface area contributed by atoms with E-state index < -0.39 is 0 Å². The lowest BCUT2D eigenvalue weighted by molar-refractivity contribution is 0.350. The fourth-order valence-electron chi connectivity index (χ4n) is 0.505. The molecule has 0 spiro atoms. The van der Waals surface area contributed by atoms with Crippen molar-refractivity contribution in [1.29, 1.82) is 0 Å². The van der Waals surface area contributed by atoms with Gasteiger partial charge in [-0.3, -0.25) is 0 Å². The van der Waals surface area contributed by atoms with E-state index in [2.05, 4.69) is 27.8 Å². The molecule has 52 valence electrons. The Morgan fingerprint density at radius 2 is 2.50 bits per heavy atom. The summed E-state index contributed by atoms with van der Waals surface area (Å²) < 4.78 is 1.04. The van der Waals surface area contributed by atoms with E-state index in [1.165, 1.54) is 0 Å². The lowest BCUT2D eigenvalue weighted by atomic mass is 10.4. The molecular formula is C7H5BrOS. The first-order chi connectivity index (χ1) is 4.83. The number of hydrogen-bond donors (Lipinski definition) is 1. The standard InChI is InChI=1S/C7H5BrOS/c8-6-4-7(10-5-6)2-1-3-9/h4-5,9H,3H2. The van der Waals surface area contributed by atoms with Crippen molar-refractivity contribution in [3.63, 3.8) is 0 Å². The Hall–Kier alpha value is -0.300. The van der Waals surface area contributed by atoms with Gasteiger partial charge in [0.1, 0.15) is 6.61 Å². The quantitative estimate of drug-likeness (QED) is 0.657. The first-order valence-corrected chi connectivity index (χ1v) is 4.34. The summed E-state index contributed by atoms with van der Waals surface area (Å²) in [6, 6.07) is 1.92. The smallest absolute Gasteiger partial charge is 0.104 e. The minimum absolute atomic E-state index is 0.0739. The zero-order valence-corrected chi connectivity index (χ0v) is 7.50. The van der Waals surface area contributed by atoms with Crippen molar-refractivity contribution in [3.05, 3.63) is 20.8 Å². The second-order valence-corrected chi connectivity index (χ2v) is 3.42. The molecule has 0 fully saturated rings. The van der Waals surface area contributed by atoms with Crippen molar-refractivity contribution in [2.75, 3.05) is 6.61 Å². The van der Waals surface area contributed by atoms with Crippen LogP contribution in [0.15, 0.2) is 15.9 Å². The van der Waals surface area contributed by atoms with E-state index in [0.717, 1.165) is 9.35 Å². The van der Waals surface area contributed by atoms with Crippen molar-refractivity contribution < 1.29 is 5.11 Å². The highest BCUT2D eigenvalue weighted by Gasteiger charge is 1.90. The Morgan fingerprint density at radius 1 is 1.70 bits per heavy atom. The summed E-state index contributed by atoms with van der Waals surface area (Å²) in [6.07, 6.45) is 0. The van der Waals surface area contributed by atoms with Crippen molar-refractivity contribution in [3.8, 4) is 11.8 Å². The van der Waals surface area contributed by atoms with Crippen LogP contribution in [0, 0.1) is 11.8 Å². The minimum atomic E-state index is -0.0739. The molecule has 0 radical (unpaired) electrons. The molecule has 0 saturated carbocycles. The van der Waals surface area contributed by atoms with Gasteiger partial charge in [-0.05, 0) is 22.0 Å². The van der Waals surface area contributed by atoms with E-state index in [0.29, 0.717) is 0 Å². The largest absolute Gasteiger partial charge is 0.384 e. The van der Waals surface area contributed by atoms with Gasteiger partial charge in [0, 0.05) is 9.85 Å². The number of halogens is 1. The van der Waals surface area contributed by atoms with Crippen LogP contribution < -0.4 is 0 Å². The average molecular weight is 217 g/mol. The third-order valence-electron chi connectivity index (χ3n) is 0.858. The molecule has 0 aliphatic carbocycles. The molecule has 0 amide bonds. The Labute approximate surface area is 71.8 Å². The topological polar surface area (TPSA) is 20.2 Å². The summed E-state index contributed by atoms with van der Waals surface area (Å²) >= 11 is 4.86. The van der Waals surface area contributed by atoms with Crippen LogP contribution in [0.3, 0.4) is 0 Å². The maximum atomic E-state index is 8.35. The molecule has 0 aromatic carbocycles. The molecule has 1 heterocycles. The lowest BCUT2D eigenvalue weighted by Crippen LogP contribution is -1.70. The molecule has 0 saturated heterocycles. The summed E-state index contributed by atoms with van der Waals surface area (Å²) in [4.78, 5) is 0.973. The van der Waals surface area contributed by atoms with Crippen molar-refractivity contribution in [1.82, 2.24) is 0 Å². The van der Waals surface area contributed by atoms with Crippen molar-refractivity contribution in [2.24, 2.45) is 0 Å². The molecule has 0 atom stereocenters. The number of aliphatic hydroxyl groups excluding tert-OH is 1. The zero-order chi connectivity index (χ0) is 7.40. The van der Waals surface area contributed by atoms with Crippen LogP contribution >= 0.6 is 27.3 Å². The van der Waals surface area contributed by atoms with Crippen molar-refractivity contribution >= 4 is 27.3 Å². The van der Waals surface area contributed by atoms with Gasteiger partial charge in [0.25, 0.3) is 0 Å². The molecular weight excluding hydrogens is 212 g/mol. The number of thiophene rings is 1. The second kappa shape index (κ2) is 3.77. The Balaban J connectivity index is 2.76. The molecule has 0 unspecified atom stereocenters. The Kier molecular flexibility index (Phi) is 2.94. The van der Waals surface area contributed by atoms with Gasteiger partial charge >= 0.3 is 0 Å². The molecule has 1 aromatic rings. The van der Waals surface area contributed by atoms with Crippen LogP contribution in [0.2, 0.25) is 0 Å². The zero-order valence-electron chi connectivity index (χ0n) is 5.10. The van der Waals surface area contributed by atoms with Gasteiger partial charge in [-0.1, -0.05) is 11.8 Å². The van der Waals surface area contributed by atoms with E-state index >= 15 is 0 Å². The predicted molar refractivity (Wildman–Crippen MR) is 46.0 cm³/mol. The first-order valence-electron chi connectivity index (χ1n) is 2.66. The Morgan fingerprint density at radius 3 is 3.00 bits per heavy atom. The van der Waals surface area contributed by atoms with Crippen LogP contribution in [0.5, 0.6) is 0 Å². The molecule has 0 aliphatic rings. The summed E-state index contributed by atoms with van der Waals surface area (Å²) in [6.45, 7) is -0.0739. The number of aliphatic hydroxyl groups is 1. The highest BCUT2D eigenvalue weighted by Crippen LogP contribution is 2.18. The van der Waals surface area contributed by atoms with Crippen LogP contribution in [-0.4, -0.2) is 11.7 Å². The maximum absolute atomic E-state index is 8.35. The van der Waals surface area contributed by atoms with E-state index in [1.54, 1.807) is 11.3 Å². The predicted octanol–water partition coefficient (Wildman–Crippen LogP) is 1.85. The van der Waals surface area contributed by atoms with Gasteiger partial charge in [0.15, 0.2) is 0 Å². The molecule has 1 rings (SSSR count). The van der Waals surface area contributed by atoms with Crippen molar-refractivity contribution in [2.45, 2.75) is 0 Å². The fourth-order valence-corrected chi connectivity index (χ4v) is 1.80. The highest BCUT2D eigenvalue weighted by atomic mass is 79.9. The van der Waals surface area contributed by atoms with Gasteiger partial charge in [0.05, 0.1) is 4.88 Å². The maximum Gasteiger partial charge on any atom is 0.104 e. The monoisotopic (exact) mass is 216 g/mol. The summed E-state index contributed by atoms with van der Waals surface area (Å²) in [7, 11) is 0. The third kappa shape index (κ3) is 2.14. The van der Waals surface area contributed by atoms with Gasteiger partial charge in [-0.15, -0.1) is 11.3 Å². The number of rotatable bonds is 0. The van der Waals surface area contributed by atoms with Crippen LogP contribution in [0.25, 0.3) is 0 Å². The molecule has 1 aromatic heterocycles. The molecule has 10 heavy (non-hydrogen) atoms. The summed E-state index contributed by atoms with van der Waals surface area (Å²) in [5.41, 5.74) is 0. The van der Waals surface area contributed by atoms with Gasteiger partial charge < -0.3 is 5.11 Å². The van der Waals surface area contributed by atoms with E-state index in [4.69, 9.17) is 5.11 Å². The van der Waals surface area contributed by atoms with E-state index in [9.17, 15) is 0 Å². The molecule has 0 bridgehead atoms. The SMILES string of the molecule is OCC#Cc1cc(Br)cs1. The number of hydrogen-bond acceptors (Lipinski definition) is 2. The summed E-state index contributed by atoms with van der Waals surface area (Å²) in [5, 5.41) is 10.3. The molecule has 1 nitrogen and oxygen atoms in total. The first kappa shape index (κ1) is 7.80. The van der Waals surface area contributed by atoms with Crippen LogP contribution in [0.4, 0.5) is 0 Å².